The summed E-state index contributed by atoms with van der Waals surface area (Å²) in [4.78, 5) is 17.5. The van der Waals surface area contributed by atoms with Crippen LogP contribution in [0.1, 0.15) is 22.9 Å². The maximum absolute atomic E-state index is 14.0. The van der Waals surface area contributed by atoms with E-state index >= 15 is 0 Å². The number of aromatic amines is 1. The molecule has 1 aromatic carbocycles. The standard InChI is InChI=1S/C20H14ClF2N5O/c21-14-5-13-12-3-4-28(20-25-8-11(22)9-26-20)19(10-1-2-17(29)24-7-10)18(12)27-16(13)6-15(14)23/h1-2,5-9,19,27H,3-4H2,(H,24,29). The molecule has 1 aliphatic rings. The molecule has 4 heterocycles. The SMILES string of the molecule is Oc1ccc(C2c3[nH]c4cc(F)c(Cl)cc4c3CCN2c2ncc(F)cn2)cn1. The summed E-state index contributed by atoms with van der Waals surface area (Å²) in [6, 6.07) is 5.86. The zero-order valence-electron chi connectivity index (χ0n) is 14.9. The van der Waals surface area contributed by atoms with E-state index in [9.17, 15) is 13.9 Å². The number of pyridine rings is 1. The fraction of sp³-hybridized carbons (Fsp3) is 0.150. The monoisotopic (exact) mass is 413 g/mol. The van der Waals surface area contributed by atoms with Crippen LogP contribution in [0.2, 0.25) is 5.02 Å². The highest BCUT2D eigenvalue weighted by molar-refractivity contribution is 6.31. The lowest BCUT2D eigenvalue weighted by atomic mass is 9.93. The van der Waals surface area contributed by atoms with Crippen molar-refractivity contribution >= 4 is 28.5 Å². The van der Waals surface area contributed by atoms with Gasteiger partial charge in [-0.25, -0.2) is 23.7 Å². The highest BCUT2D eigenvalue weighted by Crippen LogP contribution is 2.40. The van der Waals surface area contributed by atoms with Crippen LogP contribution in [0.5, 0.6) is 5.88 Å². The number of fused-ring (bicyclic) bond motifs is 3. The first-order chi connectivity index (χ1) is 14.0. The quantitative estimate of drug-likeness (QED) is 0.516. The van der Waals surface area contributed by atoms with Gasteiger partial charge in [0.25, 0.3) is 0 Å². The van der Waals surface area contributed by atoms with Gasteiger partial charge in [0.2, 0.25) is 11.8 Å². The van der Waals surface area contributed by atoms with Gasteiger partial charge >= 0.3 is 0 Å². The van der Waals surface area contributed by atoms with Crippen molar-refractivity contribution < 1.29 is 13.9 Å². The molecule has 6 nitrogen and oxygen atoms in total. The van der Waals surface area contributed by atoms with Crippen molar-refractivity contribution in [3.8, 4) is 5.88 Å². The largest absolute Gasteiger partial charge is 0.493 e. The molecule has 1 unspecified atom stereocenters. The zero-order valence-corrected chi connectivity index (χ0v) is 15.7. The third kappa shape index (κ3) is 2.96. The number of aromatic nitrogens is 4. The van der Waals surface area contributed by atoms with Gasteiger partial charge in [0.1, 0.15) is 5.82 Å². The molecule has 0 aliphatic carbocycles. The molecule has 0 bridgehead atoms. The van der Waals surface area contributed by atoms with Gasteiger partial charge in [0, 0.05) is 35.4 Å². The molecule has 29 heavy (non-hydrogen) atoms. The van der Waals surface area contributed by atoms with E-state index in [1.165, 1.54) is 12.1 Å². The van der Waals surface area contributed by atoms with E-state index in [0.717, 1.165) is 34.6 Å². The van der Waals surface area contributed by atoms with Crippen molar-refractivity contribution in [2.24, 2.45) is 0 Å². The topological polar surface area (TPSA) is 77.9 Å². The first-order valence-electron chi connectivity index (χ1n) is 8.90. The molecule has 1 aliphatic heterocycles. The summed E-state index contributed by atoms with van der Waals surface area (Å²) >= 11 is 6.00. The Bertz CT molecular complexity index is 1210. The normalized spacial score (nSPS) is 16.2. The fourth-order valence-corrected chi connectivity index (χ4v) is 4.02. The lowest BCUT2D eigenvalue weighted by molar-refractivity contribution is 0.452. The summed E-state index contributed by atoms with van der Waals surface area (Å²) in [6.07, 6.45) is 4.43. The number of nitrogens with one attached hydrogen (secondary N) is 1. The molecule has 0 spiro atoms. The molecule has 5 rings (SSSR count). The van der Waals surface area contributed by atoms with Gasteiger partial charge in [-0.2, -0.15) is 0 Å². The molecule has 3 aromatic heterocycles. The van der Waals surface area contributed by atoms with Crippen molar-refractivity contribution in [1.82, 2.24) is 19.9 Å². The van der Waals surface area contributed by atoms with Gasteiger partial charge in [0.05, 0.1) is 23.5 Å². The number of rotatable bonds is 2. The highest BCUT2D eigenvalue weighted by atomic mass is 35.5. The fourth-order valence-electron chi connectivity index (χ4n) is 3.86. The minimum Gasteiger partial charge on any atom is -0.493 e. The maximum Gasteiger partial charge on any atom is 0.226 e. The van der Waals surface area contributed by atoms with Crippen LogP contribution in [0.25, 0.3) is 10.9 Å². The van der Waals surface area contributed by atoms with Crippen LogP contribution in [0, 0.1) is 11.6 Å². The first kappa shape index (κ1) is 17.8. The Labute approximate surface area is 168 Å². The predicted octanol–water partition coefficient (Wildman–Crippen LogP) is 4.14. The number of anilines is 1. The van der Waals surface area contributed by atoms with Crippen molar-refractivity contribution in [2.45, 2.75) is 12.5 Å². The van der Waals surface area contributed by atoms with Gasteiger partial charge in [-0.3, -0.25) is 0 Å². The smallest absolute Gasteiger partial charge is 0.226 e. The molecule has 0 radical (unpaired) electrons. The second-order valence-corrected chi connectivity index (χ2v) is 7.23. The summed E-state index contributed by atoms with van der Waals surface area (Å²) in [6.45, 7) is 0.548. The number of hydrogen-bond donors (Lipinski definition) is 2. The maximum atomic E-state index is 14.0. The molecule has 0 amide bonds. The molecule has 0 saturated heterocycles. The molecule has 1 atom stereocenters. The molecule has 0 fully saturated rings. The molecule has 4 aromatic rings. The van der Waals surface area contributed by atoms with E-state index in [-0.39, 0.29) is 16.9 Å². The van der Waals surface area contributed by atoms with Crippen molar-refractivity contribution in [2.75, 3.05) is 11.4 Å². The van der Waals surface area contributed by atoms with Gasteiger partial charge in [-0.05, 0) is 35.7 Å². The summed E-state index contributed by atoms with van der Waals surface area (Å²) in [7, 11) is 0. The second kappa shape index (κ2) is 6.66. The van der Waals surface area contributed by atoms with Gasteiger partial charge < -0.3 is 15.0 Å². The number of aromatic hydroxyl groups is 1. The van der Waals surface area contributed by atoms with Gasteiger partial charge in [0.15, 0.2) is 5.82 Å². The molecular formula is C20H14ClF2N5O. The van der Waals surface area contributed by atoms with E-state index in [4.69, 9.17) is 11.6 Å². The van der Waals surface area contributed by atoms with Crippen LogP contribution in [0.3, 0.4) is 0 Å². The molecule has 2 N–H and O–H groups in total. The Morgan fingerprint density at radius 3 is 2.62 bits per heavy atom. The number of nitrogens with zero attached hydrogens (tertiary/aromatic N) is 4. The van der Waals surface area contributed by atoms with Crippen LogP contribution >= 0.6 is 11.6 Å². The predicted molar refractivity (Wildman–Crippen MR) is 104 cm³/mol. The minimum atomic E-state index is -0.523. The summed E-state index contributed by atoms with van der Waals surface area (Å²) in [5, 5.41) is 10.5. The third-order valence-electron chi connectivity index (χ3n) is 5.12. The lowest BCUT2D eigenvalue weighted by Crippen LogP contribution is -2.37. The van der Waals surface area contributed by atoms with Crippen molar-refractivity contribution in [3.05, 3.63) is 76.3 Å². The molecule has 9 heteroatoms. The van der Waals surface area contributed by atoms with E-state index in [1.807, 2.05) is 4.90 Å². The van der Waals surface area contributed by atoms with Crippen LogP contribution < -0.4 is 4.90 Å². The summed E-state index contributed by atoms with van der Waals surface area (Å²) in [5.41, 5.74) is 3.25. The Kier molecular flexibility index (Phi) is 4.09. The van der Waals surface area contributed by atoms with Crippen LogP contribution in [-0.2, 0) is 6.42 Å². The van der Waals surface area contributed by atoms with E-state index in [1.54, 1.807) is 18.3 Å². The van der Waals surface area contributed by atoms with Crippen LogP contribution in [0.4, 0.5) is 14.7 Å². The number of benzene rings is 1. The Hall–Kier alpha value is -3.26. The molecular weight excluding hydrogens is 400 g/mol. The molecule has 146 valence electrons. The first-order valence-corrected chi connectivity index (χ1v) is 9.27. The Balaban J connectivity index is 1.71. The van der Waals surface area contributed by atoms with Crippen LogP contribution in [0.15, 0.2) is 42.9 Å². The lowest BCUT2D eigenvalue weighted by Gasteiger charge is -2.36. The summed E-state index contributed by atoms with van der Waals surface area (Å²) in [5.74, 6) is -0.762. The Morgan fingerprint density at radius 2 is 1.90 bits per heavy atom. The second-order valence-electron chi connectivity index (χ2n) is 6.83. The number of hydrogen-bond acceptors (Lipinski definition) is 5. The average molecular weight is 414 g/mol. The summed E-state index contributed by atoms with van der Waals surface area (Å²) < 4.78 is 27.3. The molecule has 0 saturated carbocycles. The third-order valence-corrected chi connectivity index (χ3v) is 5.41. The highest BCUT2D eigenvalue weighted by Gasteiger charge is 2.33. The van der Waals surface area contributed by atoms with E-state index < -0.39 is 11.6 Å². The number of halogens is 3. The van der Waals surface area contributed by atoms with E-state index in [2.05, 4.69) is 19.9 Å². The minimum absolute atomic E-state index is 0.0615. The van der Waals surface area contributed by atoms with Crippen molar-refractivity contribution in [3.63, 3.8) is 0 Å². The van der Waals surface area contributed by atoms with Gasteiger partial charge in [-0.15, -0.1) is 0 Å². The number of H-pyrrole nitrogens is 1. The van der Waals surface area contributed by atoms with Crippen molar-refractivity contribution in [1.29, 1.82) is 0 Å². The van der Waals surface area contributed by atoms with E-state index in [0.29, 0.717) is 24.4 Å². The van der Waals surface area contributed by atoms with Gasteiger partial charge in [-0.1, -0.05) is 11.6 Å². The Morgan fingerprint density at radius 1 is 1.10 bits per heavy atom. The van der Waals surface area contributed by atoms with Crippen LogP contribution in [-0.4, -0.2) is 31.6 Å². The average Bonchev–Trinajstić information content (AvgIpc) is 3.06. The zero-order chi connectivity index (χ0) is 20.1.